The molecule has 0 aliphatic rings. The molecule has 1 rings (SSSR count). The van der Waals surface area contributed by atoms with Crippen LogP contribution in [0.15, 0.2) is 6.07 Å². The van der Waals surface area contributed by atoms with Crippen molar-refractivity contribution in [2.45, 2.75) is 40.3 Å². The minimum atomic E-state index is -4.14. The molecular formula is C11H15F3S. The Labute approximate surface area is 92.1 Å². The molecule has 15 heavy (non-hydrogen) atoms. The summed E-state index contributed by atoms with van der Waals surface area (Å²) in [7, 11) is 0. The molecular weight excluding hydrogens is 221 g/mol. The molecule has 0 aromatic carbocycles. The SMILES string of the molecule is Cc1cc(CC(C)(C)C(F)(F)F)sc1C. The van der Waals surface area contributed by atoms with Crippen LogP contribution in [0.1, 0.15) is 29.2 Å². The number of alkyl halides is 3. The predicted molar refractivity (Wildman–Crippen MR) is 57.3 cm³/mol. The van der Waals surface area contributed by atoms with Crippen molar-refractivity contribution in [2.75, 3.05) is 0 Å². The zero-order valence-corrected chi connectivity index (χ0v) is 10.1. The van der Waals surface area contributed by atoms with Crippen LogP contribution in [0.3, 0.4) is 0 Å². The van der Waals surface area contributed by atoms with Gasteiger partial charge in [0.15, 0.2) is 0 Å². The van der Waals surface area contributed by atoms with Gasteiger partial charge in [-0.05, 0) is 31.9 Å². The van der Waals surface area contributed by atoms with Crippen LogP contribution in [-0.2, 0) is 6.42 Å². The van der Waals surface area contributed by atoms with Crippen LogP contribution in [-0.4, -0.2) is 6.18 Å². The van der Waals surface area contributed by atoms with Gasteiger partial charge in [0.05, 0.1) is 5.41 Å². The van der Waals surface area contributed by atoms with Crippen molar-refractivity contribution in [3.05, 3.63) is 21.4 Å². The minimum absolute atomic E-state index is 0.0653. The van der Waals surface area contributed by atoms with Gasteiger partial charge < -0.3 is 0 Å². The molecule has 0 saturated heterocycles. The Balaban J connectivity index is 2.86. The summed E-state index contributed by atoms with van der Waals surface area (Å²) in [6.45, 7) is 6.36. The van der Waals surface area contributed by atoms with E-state index in [2.05, 4.69) is 0 Å². The van der Waals surface area contributed by atoms with Gasteiger partial charge in [0.1, 0.15) is 0 Å². The summed E-state index contributed by atoms with van der Waals surface area (Å²) in [6.07, 6.45) is -4.07. The maximum Gasteiger partial charge on any atom is 0.394 e. The van der Waals surface area contributed by atoms with Crippen molar-refractivity contribution in [3.63, 3.8) is 0 Å². The van der Waals surface area contributed by atoms with Crippen LogP contribution >= 0.6 is 11.3 Å². The van der Waals surface area contributed by atoms with Crippen molar-refractivity contribution in [2.24, 2.45) is 5.41 Å². The van der Waals surface area contributed by atoms with Gasteiger partial charge in [0.2, 0.25) is 0 Å². The number of aryl methyl sites for hydroxylation is 2. The summed E-state index contributed by atoms with van der Waals surface area (Å²) in [6, 6.07) is 1.85. The molecule has 0 atom stereocenters. The van der Waals surface area contributed by atoms with E-state index in [0.717, 1.165) is 15.3 Å². The highest BCUT2D eigenvalue weighted by atomic mass is 32.1. The molecule has 0 saturated carbocycles. The Morgan fingerprint density at radius 2 is 1.73 bits per heavy atom. The van der Waals surface area contributed by atoms with Gasteiger partial charge in [-0.15, -0.1) is 11.3 Å². The first-order valence-corrected chi connectivity index (χ1v) is 5.58. The average molecular weight is 236 g/mol. The summed E-state index contributed by atoms with van der Waals surface area (Å²) in [4.78, 5) is 1.91. The molecule has 0 unspecified atom stereocenters. The number of thiophene rings is 1. The second-order valence-corrected chi connectivity index (χ2v) is 5.85. The van der Waals surface area contributed by atoms with Crippen LogP contribution < -0.4 is 0 Å². The summed E-state index contributed by atoms with van der Waals surface area (Å²) < 4.78 is 37.9. The fourth-order valence-electron chi connectivity index (χ4n) is 1.27. The van der Waals surface area contributed by atoms with E-state index < -0.39 is 11.6 Å². The van der Waals surface area contributed by atoms with E-state index in [9.17, 15) is 13.2 Å². The van der Waals surface area contributed by atoms with Crippen molar-refractivity contribution in [1.82, 2.24) is 0 Å². The smallest absolute Gasteiger partial charge is 0.171 e. The van der Waals surface area contributed by atoms with E-state index in [4.69, 9.17) is 0 Å². The summed E-state index contributed by atoms with van der Waals surface area (Å²) in [5.41, 5.74) is -0.565. The van der Waals surface area contributed by atoms with Crippen LogP contribution in [0, 0.1) is 19.3 Å². The molecule has 1 heterocycles. The van der Waals surface area contributed by atoms with Gasteiger partial charge in [-0.1, -0.05) is 13.8 Å². The molecule has 0 amide bonds. The number of hydrogen-bond donors (Lipinski definition) is 0. The largest absolute Gasteiger partial charge is 0.394 e. The van der Waals surface area contributed by atoms with Gasteiger partial charge in [0.25, 0.3) is 0 Å². The first kappa shape index (κ1) is 12.6. The summed E-state index contributed by atoms with van der Waals surface area (Å²) in [5.74, 6) is 0. The van der Waals surface area contributed by atoms with Crippen LogP contribution in [0.2, 0.25) is 0 Å². The highest BCUT2D eigenvalue weighted by Gasteiger charge is 2.47. The molecule has 0 nitrogen and oxygen atoms in total. The molecule has 0 fully saturated rings. The van der Waals surface area contributed by atoms with E-state index in [-0.39, 0.29) is 6.42 Å². The summed E-state index contributed by atoms with van der Waals surface area (Å²) >= 11 is 1.46. The lowest BCUT2D eigenvalue weighted by Crippen LogP contribution is -2.33. The molecule has 0 bridgehead atoms. The van der Waals surface area contributed by atoms with E-state index >= 15 is 0 Å². The van der Waals surface area contributed by atoms with Crippen LogP contribution in [0.25, 0.3) is 0 Å². The third kappa shape index (κ3) is 2.74. The minimum Gasteiger partial charge on any atom is -0.171 e. The zero-order valence-electron chi connectivity index (χ0n) is 9.33. The second-order valence-electron chi connectivity index (χ2n) is 4.51. The molecule has 0 N–H and O–H groups in total. The van der Waals surface area contributed by atoms with Crippen molar-refractivity contribution < 1.29 is 13.2 Å². The number of rotatable bonds is 2. The van der Waals surface area contributed by atoms with Gasteiger partial charge in [0, 0.05) is 9.75 Å². The first-order chi connectivity index (χ1) is 6.63. The molecule has 0 radical (unpaired) electrons. The molecule has 1 aromatic rings. The van der Waals surface area contributed by atoms with Crippen LogP contribution in [0.5, 0.6) is 0 Å². The van der Waals surface area contributed by atoms with Gasteiger partial charge >= 0.3 is 6.18 Å². The topological polar surface area (TPSA) is 0 Å². The molecule has 0 spiro atoms. The predicted octanol–water partition coefficient (Wildman–Crippen LogP) is 4.50. The molecule has 0 aliphatic heterocycles. The van der Waals surface area contributed by atoms with E-state index in [0.29, 0.717) is 0 Å². The normalized spacial score (nSPS) is 13.3. The van der Waals surface area contributed by atoms with Crippen LogP contribution in [0.4, 0.5) is 13.2 Å². The third-order valence-electron chi connectivity index (χ3n) is 2.60. The molecule has 1 aromatic heterocycles. The van der Waals surface area contributed by atoms with Gasteiger partial charge in [-0.2, -0.15) is 13.2 Å². The van der Waals surface area contributed by atoms with E-state index in [1.807, 2.05) is 19.9 Å². The maximum absolute atomic E-state index is 12.6. The average Bonchev–Trinajstić information content (AvgIpc) is 2.27. The second kappa shape index (κ2) is 3.81. The highest BCUT2D eigenvalue weighted by molar-refractivity contribution is 7.12. The lowest BCUT2D eigenvalue weighted by Gasteiger charge is -2.26. The Kier molecular flexibility index (Phi) is 3.19. The third-order valence-corrected chi connectivity index (χ3v) is 3.75. The standard InChI is InChI=1S/C11H15F3S/c1-7-5-9(15-8(7)2)6-10(3,4)11(12,13)14/h5H,6H2,1-4H3. The van der Waals surface area contributed by atoms with Crippen molar-refractivity contribution >= 4 is 11.3 Å². The highest BCUT2D eigenvalue weighted by Crippen LogP contribution is 2.41. The first-order valence-electron chi connectivity index (χ1n) is 4.76. The van der Waals surface area contributed by atoms with Crippen molar-refractivity contribution in [3.8, 4) is 0 Å². The number of halogens is 3. The Hall–Kier alpha value is -0.510. The Morgan fingerprint density at radius 3 is 2.07 bits per heavy atom. The van der Waals surface area contributed by atoms with Gasteiger partial charge in [-0.25, -0.2) is 0 Å². The molecule has 86 valence electrons. The van der Waals surface area contributed by atoms with Gasteiger partial charge in [-0.3, -0.25) is 0 Å². The summed E-state index contributed by atoms with van der Waals surface area (Å²) in [5, 5.41) is 0. The monoisotopic (exact) mass is 236 g/mol. The Bertz CT molecular complexity index is 328. The van der Waals surface area contributed by atoms with E-state index in [1.165, 1.54) is 25.2 Å². The fourth-order valence-corrected chi connectivity index (χ4v) is 2.55. The van der Waals surface area contributed by atoms with Crippen molar-refractivity contribution in [1.29, 1.82) is 0 Å². The lowest BCUT2D eigenvalue weighted by molar-refractivity contribution is -0.210. The van der Waals surface area contributed by atoms with E-state index in [1.54, 1.807) is 0 Å². The molecule has 4 heteroatoms. The zero-order chi connectivity index (χ0) is 11.9. The maximum atomic E-state index is 12.6. The molecule has 0 aliphatic carbocycles. The fraction of sp³-hybridized carbons (Fsp3) is 0.636. The Morgan fingerprint density at radius 1 is 1.20 bits per heavy atom. The lowest BCUT2D eigenvalue weighted by atomic mass is 9.88. The number of hydrogen-bond acceptors (Lipinski definition) is 1. The quantitative estimate of drug-likeness (QED) is 0.709.